The molecule has 2 N–H and O–H groups in total. The standard InChI is InChI=1S/C17H19N5O4/c1-11(23)21-6-8-22(9-7-21)17(26)16(25)18-10-14-12-4-2-3-5-13(12)15(24)20-19-14/h2-5H,6-10H2,1H3,(H,18,25)(H,20,24). The molecule has 0 spiro atoms. The van der Waals surface area contributed by atoms with Gasteiger partial charge in [0.2, 0.25) is 5.91 Å². The van der Waals surface area contributed by atoms with Gasteiger partial charge in [-0.3, -0.25) is 19.2 Å². The van der Waals surface area contributed by atoms with Crippen LogP contribution in [0.1, 0.15) is 12.6 Å². The predicted octanol–water partition coefficient (Wildman–Crippen LogP) is -0.770. The Bertz CT molecular complexity index is 915. The second kappa shape index (κ2) is 7.34. The number of aromatic amines is 1. The van der Waals surface area contributed by atoms with Gasteiger partial charge in [-0.15, -0.1) is 0 Å². The molecule has 26 heavy (non-hydrogen) atoms. The average Bonchev–Trinajstić information content (AvgIpc) is 2.67. The van der Waals surface area contributed by atoms with Crippen molar-refractivity contribution in [1.29, 1.82) is 0 Å². The molecule has 9 nitrogen and oxygen atoms in total. The van der Waals surface area contributed by atoms with Gasteiger partial charge >= 0.3 is 11.8 Å². The Kier molecular flexibility index (Phi) is 4.97. The van der Waals surface area contributed by atoms with Crippen molar-refractivity contribution in [2.45, 2.75) is 13.5 Å². The van der Waals surface area contributed by atoms with Gasteiger partial charge in [0.1, 0.15) is 0 Å². The van der Waals surface area contributed by atoms with Gasteiger partial charge in [-0.05, 0) is 6.07 Å². The number of nitrogens with zero attached hydrogens (tertiary/aromatic N) is 3. The monoisotopic (exact) mass is 357 g/mol. The van der Waals surface area contributed by atoms with E-state index in [0.29, 0.717) is 42.6 Å². The van der Waals surface area contributed by atoms with E-state index in [4.69, 9.17) is 0 Å². The molecule has 136 valence electrons. The molecule has 3 rings (SSSR count). The number of aromatic nitrogens is 2. The number of amides is 3. The Balaban J connectivity index is 1.63. The number of H-pyrrole nitrogens is 1. The van der Waals surface area contributed by atoms with Gasteiger partial charge in [-0.25, -0.2) is 5.10 Å². The Morgan fingerprint density at radius 3 is 2.35 bits per heavy atom. The summed E-state index contributed by atoms with van der Waals surface area (Å²) in [4.78, 5) is 50.5. The number of carbonyl (C=O) groups excluding carboxylic acids is 3. The molecule has 1 aliphatic rings. The number of rotatable bonds is 2. The number of hydrogen-bond donors (Lipinski definition) is 2. The van der Waals surface area contributed by atoms with E-state index in [1.807, 2.05) is 0 Å². The lowest BCUT2D eigenvalue weighted by molar-refractivity contribution is -0.148. The maximum Gasteiger partial charge on any atom is 0.312 e. The maximum atomic E-state index is 12.2. The summed E-state index contributed by atoms with van der Waals surface area (Å²) in [5.41, 5.74) is 0.165. The zero-order valence-corrected chi connectivity index (χ0v) is 14.3. The fourth-order valence-electron chi connectivity index (χ4n) is 2.91. The third kappa shape index (κ3) is 3.56. The lowest BCUT2D eigenvalue weighted by atomic mass is 10.1. The third-order valence-corrected chi connectivity index (χ3v) is 4.40. The van der Waals surface area contributed by atoms with Crippen LogP contribution in [-0.2, 0) is 20.9 Å². The minimum atomic E-state index is -0.738. The van der Waals surface area contributed by atoms with Crippen LogP contribution in [0.15, 0.2) is 29.1 Å². The smallest absolute Gasteiger partial charge is 0.312 e. The molecule has 3 amide bonds. The topological polar surface area (TPSA) is 115 Å². The molecule has 2 aromatic rings. The molecule has 1 aromatic heterocycles. The van der Waals surface area contributed by atoms with Gasteiger partial charge in [0.25, 0.3) is 5.56 Å². The highest BCUT2D eigenvalue weighted by molar-refractivity contribution is 6.35. The number of nitrogens with one attached hydrogen (secondary N) is 2. The Morgan fingerprint density at radius 1 is 1.08 bits per heavy atom. The molecule has 0 atom stereocenters. The molecule has 2 heterocycles. The van der Waals surface area contributed by atoms with E-state index in [9.17, 15) is 19.2 Å². The van der Waals surface area contributed by atoms with Crippen LogP contribution in [0.4, 0.5) is 0 Å². The zero-order chi connectivity index (χ0) is 18.7. The van der Waals surface area contributed by atoms with Gasteiger partial charge in [0.15, 0.2) is 0 Å². The van der Waals surface area contributed by atoms with E-state index in [1.54, 1.807) is 29.2 Å². The lowest BCUT2D eigenvalue weighted by Crippen LogP contribution is -2.53. The van der Waals surface area contributed by atoms with Crippen LogP contribution in [0.25, 0.3) is 10.8 Å². The largest absolute Gasteiger partial charge is 0.342 e. The molecule has 0 unspecified atom stereocenters. The molecule has 0 radical (unpaired) electrons. The van der Waals surface area contributed by atoms with Crippen molar-refractivity contribution >= 4 is 28.5 Å². The van der Waals surface area contributed by atoms with Gasteiger partial charge in [0, 0.05) is 38.5 Å². The lowest BCUT2D eigenvalue weighted by Gasteiger charge is -2.33. The summed E-state index contributed by atoms with van der Waals surface area (Å²) in [5, 5.41) is 9.98. The molecule has 0 saturated carbocycles. The highest BCUT2D eigenvalue weighted by Gasteiger charge is 2.26. The molecule has 1 saturated heterocycles. The molecule has 9 heteroatoms. The Morgan fingerprint density at radius 2 is 1.69 bits per heavy atom. The summed E-state index contributed by atoms with van der Waals surface area (Å²) in [5.74, 6) is -1.42. The minimum Gasteiger partial charge on any atom is -0.342 e. The minimum absolute atomic E-state index is 0.0231. The quantitative estimate of drug-likeness (QED) is 0.685. The predicted molar refractivity (Wildman–Crippen MR) is 93.0 cm³/mol. The van der Waals surface area contributed by atoms with E-state index in [1.165, 1.54) is 11.8 Å². The van der Waals surface area contributed by atoms with Crippen LogP contribution in [0, 0.1) is 0 Å². The van der Waals surface area contributed by atoms with Crippen LogP contribution in [0.5, 0.6) is 0 Å². The van der Waals surface area contributed by atoms with E-state index >= 15 is 0 Å². The van der Waals surface area contributed by atoms with Crippen LogP contribution < -0.4 is 10.9 Å². The fourth-order valence-corrected chi connectivity index (χ4v) is 2.91. The summed E-state index contributed by atoms with van der Waals surface area (Å²) in [6, 6.07) is 6.92. The summed E-state index contributed by atoms with van der Waals surface area (Å²) in [6.45, 7) is 2.99. The molecule has 1 aliphatic heterocycles. The molecule has 1 aromatic carbocycles. The summed E-state index contributed by atoms with van der Waals surface area (Å²) >= 11 is 0. The number of benzene rings is 1. The van der Waals surface area contributed by atoms with Crippen LogP contribution in [0.3, 0.4) is 0 Å². The van der Waals surface area contributed by atoms with Crippen molar-refractivity contribution in [3.63, 3.8) is 0 Å². The summed E-state index contributed by atoms with van der Waals surface area (Å²) in [6.07, 6.45) is 0. The van der Waals surface area contributed by atoms with E-state index < -0.39 is 11.8 Å². The zero-order valence-electron chi connectivity index (χ0n) is 14.3. The van der Waals surface area contributed by atoms with E-state index in [2.05, 4.69) is 15.5 Å². The number of carbonyl (C=O) groups is 3. The molecule has 0 aliphatic carbocycles. The van der Waals surface area contributed by atoms with Crippen molar-refractivity contribution < 1.29 is 14.4 Å². The normalized spacial score (nSPS) is 14.3. The fraction of sp³-hybridized carbons (Fsp3) is 0.353. The second-order valence-electron chi connectivity index (χ2n) is 6.03. The first-order chi connectivity index (χ1) is 12.5. The molecular weight excluding hydrogens is 338 g/mol. The number of fused-ring (bicyclic) bond motifs is 1. The highest BCUT2D eigenvalue weighted by Crippen LogP contribution is 2.12. The first-order valence-electron chi connectivity index (χ1n) is 8.26. The second-order valence-corrected chi connectivity index (χ2v) is 6.03. The summed E-state index contributed by atoms with van der Waals surface area (Å²) in [7, 11) is 0. The molecule has 1 fully saturated rings. The molecular formula is C17H19N5O4. The van der Waals surface area contributed by atoms with Crippen molar-refractivity contribution in [2.24, 2.45) is 0 Å². The Hall–Kier alpha value is -3.23. The van der Waals surface area contributed by atoms with Crippen molar-refractivity contribution in [2.75, 3.05) is 26.2 Å². The van der Waals surface area contributed by atoms with Crippen LogP contribution >= 0.6 is 0 Å². The van der Waals surface area contributed by atoms with E-state index in [0.717, 1.165) is 0 Å². The highest BCUT2D eigenvalue weighted by atomic mass is 16.2. The SMILES string of the molecule is CC(=O)N1CCN(C(=O)C(=O)NCc2n[nH]c(=O)c3ccccc23)CC1. The van der Waals surface area contributed by atoms with Crippen LogP contribution in [0.2, 0.25) is 0 Å². The first kappa shape index (κ1) is 17.6. The van der Waals surface area contributed by atoms with Gasteiger partial charge in [-0.1, -0.05) is 18.2 Å². The van der Waals surface area contributed by atoms with E-state index in [-0.39, 0.29) is 18.0 Å². The van der Waals surface area contributed by atoms with Gasteiger partial charge < -0.3 is 15.1 Å². The van der Waals surface area contributed by atoms with Gasteiger partial charge in [0.05, 0.1) is 17.6 Å². The van der Waals surface area contributed by atoms with Crippen LogP contribution in [-0.4, -0.2) is 63.9 Å². The third-order valence-electron chi connectivity index (χ3n) is 4.40. The maximum absolute atomic E-state index is 12.2. The number of piperazine rings is 1. The average molecular weight is 357 g/mol. The van der Waals surface area contributed by atoms with Crippen molar-refractivity contribution in [1.82, 2.24) is 25.3 Å². The number of hydrogen-bond acceptors (Lipinski definition) is 5. The van der Waals surface area contributed by atoms with Gasteiger partial charge in [-0.2, -0.15) is 5.10 Å². The Labute approximate surface area is 149 Å². The molecule has 0 bridgehead atoms. The first-order valence-corrected chi connectivity index (χ1v) is 8.26. The summed E-state index contributed by atoms with van der Waals surface area (Å²) < 4.78 is 0. The van der Waals surface area contributed by atoms with Crippen molar-refractivity contribution in [3.05, 3.63) is 40.3 Å². The van der Waals surface area contributed by atoms with Crippen molar-refractivity contribution in [3.8, 4) is 0 Å².